The summed E-state index contributed by atoms with van der Waals surface area (Å²) >= 11 is 0. The van der Waals surface area contributed by atoms with E-state index < -0.39 is 92.5 Å². The van der Waals surface area contributed by atoms with Crippen LogP contribution in [0, 0.1) is 0 Å². The Morgan fingerprint density at radius 2 is 1.20 bits per heavy atom. The second-order valence-corrected chi connectivity index (χ2v) is 13.3. The van der Waals surface area contributed by atoms with Crippen molar-refractivity contribution in [2.45, 2.75) is 54.8 Å². The fourth-order valence-corrected chi connectivity index (χ4v) is 6.02. The van der Waals surface area contributed by atoms with Crippen LogP contribution in [0.15, 0.2) is 78.9 Å². The van der Waals surface area contributed by atoms with Crippen molar-refractivity contribution in [2.75, 3.05) is 34.0 Å². The molecule has 9 atom stereocenters. The number of phenols is 3. The SMILES string of the molecule is COc1cc(C=CC(=O)OCC2OC(COC(=O)C=Cc3ccc(O)c(OC)c3)(OC3OC(CO)C(O)C(O)C3O)C(OC(=O)C=Cc3ccc(O)cc3)C2O)ccc1O. The van der Waals surface area contributed by atoms with Crippen LogP contribution in [0.5, 0.6) is 28.7 Å². The van der Waals surface area contributed by atoms with Gasteiger partial charge in [-0.25, -0.2) is 14.4 Å². The number of carbonyl (C=O) groups excluding carboxylic acids is 3. The van der Waals surface area contributed by atoms with Crippen molar-refractivity contribution in [3.63, 3.8) is 0 Å². The van der Waals surface area contributed by atoms with Crippen LogP contribution in [0.4, 0.5) is 0 Å². The molecular formula is C41H44O19. The molecule has 0 aromatic heterocycles. The molecule has 0 aliphatic carbocycles. The molecule has 3 aromatic rings. The number of phenolic OH excluding ortho intramolecular Hbond substituents is 3. The highest BCUT2D eigenvalue weighted by Crippen LogP contribution is 2.39. The van der Waals surface area contributed by atoms with Crippen molar-refractivity contribution in [1.82, 2.24) is 0 Å². The zero-order chi connectivity index (χ0) is 43.6. The maximum atomic E-state index is 13.3. The molecule has 8 N–H and O–H groups in total. The highest BCUT2D eigenvalue weighted by molar-refractivity contribution is 5.88. The van der Waals surface area contributed by atoms with Gasteiger partial charge in [-0.15, -0.1) is 0 Å². The number of esters is 3. The second-order valence-electron chi connectivity index (χ2n) is 13.3. The van der Waals surface area contributed by atoms with E-state index in [0.29, 0.717) is 16.7 Å². The Bertz CT molecular complexity index is 2050. The van der Waals surface area contributed by atoms with Crippen LogP contribution in [0.1, 0.15) is 16.7 Å². The Morgan fingerprint density at radius 1 is 0.667 bits per heavy atom. The van der Waals surface area contributed by atoms with Gasteiger partial charge in [0, 0.05) is 18.2 Å². The molecule has 322 valence electrons. The van der Waals surface area contributed by atoms with Crippen LogP contribution in [-0.4, -0.2) is 148 Å². The highest BCUT2D eigenvalue weighted by Gasteiger charge is 2.62. The van der Waals surface area contributed by atoms with Gasteiger partial charge >= 0.3 is 17.9 Å². The third-order valence-corrected chi connectivity index (χ3v) is 9.22. The Balaban J connectivity index is 1.45. The number of rotatable bonds is 16. The van der Waals surface area contributed by atoms with E-state index in [4.69, 9.17) is 37.9 Å². The molecular weight excluding hydrogens is 796 g/mol. The first-order valence-electron chi connectivity index (χ1n) is 18.1. The lowest BCUT2D eigenvalue weighted by molar-refractivity contribution is -0.383. The average Bonchev–Trinajstić information content (AvgIpc) is 3.50. The van der Waals surface area contributed by atoms with Gasteiger partial charge in [0.2, 0.25) is 5.79 Å². The van der Waals surface area contributed by atoms with Gasteiger partial charge in [-0.05, 0) is 71.3 Å². The molecule has 19 heteroatoms. The molecule has 0 spiro atoms. The molecule has 0 radical (unpaired) electrons. The smallest absolute Gasteiger partial charge is 0.331 e. The molecule has 2 aliphatic heterocycles. The van der Waals surface area contributed by atoms with Gasteiger partial charge in [-0.3, -0.25) is 0 Å². The summed E-state index contributed by atoms with van der Waals surface area (Å²) in [6.07, 6.45) is -8.00. The van der Waals surface area contributed by atoms with Crippen LogP contribution >= 0.6 is 0 Å². The van der Waals surface area contributed by atoms with E-state index in [2.05, 4.69) is 0 Å². The highest BCUT2D eigenvalue weighted by atomic mass is 16.8. The third kappa shape index (κ3) is 11.2. The van der Waals surface area contributed by atoms with E-state index in [1.54, 1.807) is 0 Å². The second kappa shape index (κ2) is 20.3. The summed E-state index contributed by atoms with van der Waals surface area (Å²) in [7, 11) is 2.67. The van der Waals surface area contributed by atoms with E-state index in [9.17, 15) is 55.2 Å². The molecule has 5 rings (SSSR count). The van der Waals surface area contributed by atoms with Crippen LogP contribution in [0.25, 0.3) is 18.2 Å². The predicted octanol–water partition coefficient (Wildman–Crippen LogP) is 0.531. The summed E-state index contributed by atoms with van der Waals surface area (Å²) in [6.45, 7) is -2.64. The van der Waals surface area contributed by atoms with Gasteiger partial charge in [0.1, 0.15) is 55.6 Å². The van der Waals surface area contributed by atoms with Gasteiger partial charge in [-0.2, -0.15) is 0 Å². The number of carbonyl (C=O) groups is 3. The normalized spacial score (nSPS) is 26.6. The average molecular weight is 841 g/mol. The molecule has 2 saturated heterocycles. The maximum absolute atomic E-state index is 13.3. The van der Waals surface area contributed by atoms with Crippen molar-refractivity contribution < 1.29 is 93.1 Å². The van der Waals surface area contributed by atoms with Gasteiger partial charge in [0.15, 0.2) is 35.4 Å². The van der Waals surface area contributed by atoms with Gasteiger partial charge in [0.05, 0.1) is 20.8 Å². The van der Waals surface area contributed by atoms with Crippen molar-refractivity contribution in [1.29, 1.82) is 0 Å². The van der Waals surface area contributed by atoms with Crippen molar-refractivity contribution in [3.8, 4) is 28.7 Å². The number of aliphatic hydroxyl groups is 5. The lowest BCUT2D eigenvalue weighted by atomic mass is 9.99. The Kier molecular flexibility index (Phi) is 15.2. The van der Waals surface area contributed by atoms with E-state index in [1.807, 2.05) is 0 Å². The number of benzene rings is 3. The minimum atomic E-state index is -2.63. The Hall–Kier alpha value is -6.03. The topological polar surface area (TPSA) is 287 Å². The number of hydrogen-bond donors (Lipinski definition) is 8. The summed E-state index contributed by atoms with van der Waals surface area (Å²) in [5, 5.41) is 82.7. The predicted molar refractivity (Wildman–Crippen MR) is 205 cm³/mol. The van der Waals surface area contributed by atoms with E-state index in [1.165, 1.54) is 93.1 Å². The third-order valence-electron chi connectivity index (χ3n) is 9.22. The lowest BCUT2D eigenvalue weighted by Gasteiger charge is -2.43. The summed E-state index contributed by atoms with van der Waals surface area (Å²) < 4.78 is 44.1. The standard InChI is InChI=1S/C41H44O19/c1-53-28-17-23(5-12-26(28)44)8-14-32(46)55-20-31-36(50)39(58-34(48)16-7-22-3-10-25(43)11-4-22)41(59-31,60-40-38(52)37(51)35(49)30(19-42)57-40)21-56-33(47)15-9-24-6-13-27(45)29(18-24)54-2/h3-18,30-31,35-40,42-45,49-52H,19-21H2,1-2H3. The van der Waals surface area contributed by atoms with Crippen LogP contribution in [0.2, 0.25) is 0 Å². The molecule has 2 fully saturated rings. The summed E-state index contributed by atoms with van der Waals surface area (Å²) in [5.41, 5.74) is 1.29. The van der Waals surface area contributed by atoms with Gasteiger partial charge in [-0.1, -0.05) is 24.3 Å². The first kappa shape index (κ1) is 45.1. The Labute approximate surface area is 342 Å². The first-order valence-corrected chi connectivity index (χ1v) is 18.1. The molecule has 0 saturated carbocycles. The fourth-order valence-electron chi connectivity index (χ4n) is 6.02. The maximum Gasteiger partial charge on any atom is 0.331 e. The van der Waals surface area contributed by atoms with Crippen molar-refractivity contribution >= 4 is 36.1 Å². The van der Waals surface area contributed by atoms with Gasteiger partial charge < -0.3 is 78.7 Å². The van der Waals surface area contributed by atoms with E-state index in [0.717, 1.165) is 18.2 Å². The van der Waals surface area contributed by atoms with Crippen molar-refractivity contribution in [2.24, 2.45) is 0 Å². The lowest BCUT2D eigenvalue weighted by Crippen LogP contribution is -2.63. The van der Waals surface area contributed by atoms with Crippen molar-refractivity contribution in [3.05, 3.63) is 95.6 Å². The molecule has 9 unspecified atom stereocenters. The van der Waals surface area contributed by atoms with Crippen LogP contribution < -0.4 is 9.47 Å². The number of methoxy groups -OCH3 is 2. The Morgan fingerprint density at radius 3 is 1.77 bits per heavy atom. The first-order chi connectivity index (χ1) is 28.7. The minimum absolute atomic E-state index is 0.0360. The zero-order valence-corrected chi connectivity index (χ0v) is 32.0. The molecule has 60 heavy (non-hydrogen) atoms. The molecule has 2 heterocycles. The molecule has 19 nitrogen and oxygen atoms in total. The monoisotopic (exact) mass is 840 g/mol. The summed E-state index contributed by atoms with van der Waals surface area (Å²) in [4.78, 5) is 39.3. The largest absolute Gasteiger partial charge is 0.508 e. The van der Waals surface area contributed by atoms with Crippen LogP contribution in [0.3, 0.4) is 0 Å². The molecule has 2 aliphatic rings. The van der Waals surface area contributed by atoms with Gasteiger partial charge in [0.25, 0.3) is 0 Å². The minimum Gasteiger partial charge on any atom is -0.508 e. The zero-order valence-electron chi connectivity index (χ0n) is 32.0. The molecule has 3 aromatic carbocycles. The summed E-state index contributed by atoms with van der Waals surface area (Å²) in [5.74, 6) is -5.83. The van der Waals surface area contributed by atoms with E-state index >= 15 is 0 Å². The number of ether oxygens (including phenoxy) is 8. The number of hydrogen-bond acceptors (Lipinski definition) is 19. The van der Waals surface area contributed by atoms with E-state index in [-0.39, 0.29) is 28.7 Å². The quantitative estimate of drug-likeness (QED) is 0.0555. The molecule has 0 bridgehead atoms. The summed E-state index contributed by atoms with van der Waals surface area (Å²) in [6, 6.07) is 14.2. The molecule has 0 amide bonds. The van der Waals surface area contributed by atoms with Crippen LogP contribution in [-0.2, 0) is 42.8 Å². The number of aliphatic hydroxyl groups excluding tert-OH is 5. The fraction of sp³-hybridized carbons (Fsp3) is 0.341. The number of aromatic hydroxyl groups is 3.